The van der Waals surface area contributed by atoms with Crippen LogP contribution < -0.4 is 4.90 Å². The number of piperazine rings is 1. The third-order valence-electron chi connectivity index (χ3n) is 4.89. The van der Waals surface area contributed by atoms with Gasteiger partial charge in [-0.05, 0) is 50.2 Å². The number of carbonyl (C=O) groups excluding carboxylic acids is 2. The Morgan fingerprint density at radius 1 is 1.17 bits per heavy atom. The summed E-state index contributed by atoms with van der Waals surface area (Å²) in [7, 11) is 0. The van der Waals surface area contributed by atoms with Crippen molar-refractivity contribution in [1.29, 1.82) is 0 Å². The van der Waals surface area contributed by atoms with Crippen molar-refractivity contribution in [3.05, 3.63) is 58.1 Å². The molecular weight excluding hydrogens is 443 g/mol. The Kier molecular flexibility index (Phi) is 7.92. The van der Waals surface area contributed by atoms with Crippen LogP contribution in [0.25, 0.3) is 0 Å². The highest BCUT2D eigenvalue weighted by Gasteiger charge is 2.28. The summed E-state index contributed by atoms with van der Waals surface area (Å²) in [4.78, 5) is 29.5. The molecule has 5 nitrogen and oxygen atoms in total. The van der Waals surface area contributed by atoms with Crippen molar-refractivity contribution in [2.45, 2.75) is 24.8 Å². The first-order valence-corrected chi connectivity index (χ1v) is 11.5. The van der Waals surface area contributed by atoms with Crippen molar-refractivity contribution in [3.63, 3.8) is 0 Å². The molecule has 0 spiro atoms. The largest absolute Gasteiger partial charge is 0.465 e. The van der Waals surface area contributed by atoms with E-state index >= 15 is 0 Å². The van der Waals surface area contributed by atoms with E-state index in [1.807, 2.05) is 36.1 Å². The molecule has 3 rings (SSSR count). The first-order chi connectivity index (χ1) is 14.4. The molecule has 1 saturated heterocycles. The molecule has 0 bridgehead atoms. The molecule has 1 heterocycles. The fourth-order valence-electron chi connectivity index (χ4n) is 3.42. The molecule has 0 N–H and O–H groups in total. The van der Waals surface area contributed by atoms with Gasteiger partial charge in [0.25, 0.3) is 5.91 Å². The molecule has 30 heavy (non-hydrogen) atoms. The minimum Gasteiger partial charge on any atom is -0.465 e. The van der Waals surface area contributed by atoms with Crippen LogP contribution in [0.2, 0.25) is 10.0 Å². The second-order valence-corrected chi connectivity index (χ2v) is 8.87. The number of esters is 1. The highest BCUT2D eigenvalue weighted by atomic mass is 35.5. The lowest BCUT2D eigenvalue weighted by Crippen LogP contribution is -2.54. The number of carbonyl (C=O) groups is 2. The van der Waals surface area contributed by atoms with Gasteiger partial charge in [-0.25, -0.2) is 0 Å². The van der Waals surface area contributed by atoms with Gasteiger partial charge in [-0.1, -0.05) is 29.3 Å². The topological polar surface area (TPSA) is 49.9 Å². The first kappa shape index (κ1) is 22.8. The van der Waals surface area contributed by atoms with E-state index in [0.29, 0.717) is 28.8 Å². The minimum absolute atomic E-state index is 0.0434. The summed E-state index contributed by atoms with van der Waals surface area (Å²) in [6, 6.07) is 13.0. The number of halogens is 2. The van der Waals surface area contributed by atoms with Gasteiger partial charge in [0, 0.05) is 46.8 Å². The average Bonchev–Trinajstić information content (AvgIpc) is 2.72. The lowest BCUT2D eigenvalue weighted by molar-refractivity contribution is -0.139. The van der Waals surface area contributed by atoms with Crippen LogP contribution >= 0.6 is 35.0 Å². The highest BCUT2D eigenvalue weighted by molar-refractivity contribution is 8.00. The van der Waals surface area contributed by atoms with Gasteiger partial charge < -0.3 is 14.5 Å². The molecule has 0 aliphatic carbocycles. The minimum atomic E-state index is -0.287. The molecule has 1 fully saturated rings. The van der Waals surface area contributed by atoms with Crippen molar-refractivity contribution >= 4 is 52.5 Å². The number of ether oxygens (including phenoxy) is 1. The van der Waals surface area contributed by atoms with Crippen molar-refractivity contribution in [3.8, 4) is 0 Å². The number of amides is 1. The molecule has 0 saturated carbocycles. The van der Waals surface area contributed by atoms with Crippen LogP contribution in [0.5, 0.6) is 0 Å². The number of hydrogen-bond donors (Lipinski definition) is 0. The number of benzene rings is 2. The number of thioether (sulfide) groups is 1. The van der Waals surface area contributed by atoms with Gasteiger partial charge in [0.05, 0.1) is 17.4 Å². The quantitative estimate of drug-likeness (QED) is 0.442. The summed E-state index contributed by atoms with van der Waals surface area (Å²) in [5.41, 5.74) is 1.61. The van der Waals surface area contributed by atoms with Gasteiger partial charge >= 0.3 is 5.97 Å². The second-order valence-electron chi connectivity index (χ2n) is 7.01. The molecule has 1 amide bonds. The van der Waals surface area contributed by atoms with Gasteiger partial charge in [-0.15, -0.1) is 11.8 Å². The molecule has 2 aromatic carbocycles. The molecule has 0 unspecified atom stereocenters. The van der Waals surface area contributed by atoms with Crippen LogP contribution in [-0.2, 0) is 9.53 Å². The Balaban J connectivity index is 1.64. The number of nitrogens with zero attached hydrogens (tertiary/aromatic N) is 2. The van der Waals surface area contributed by atoms with E-state index in [1.54, 1.807) is 25.1 Å². The van der Waals surface area contributed by atoms with E-state index in [9.17, 15) is 9.59 Å². The van der Waals surface area contributed by atoms with Crippen LogP contribution in [0.3, 0.4) is 0 Å². The van der Waals surface area contributed by atoms with E-state index < -0.39 is 0 Å². The summed E-state index contributed by atoms with van der Waals surface area (Å²) in [6.07, 6.45) is 0. The average molecular weight is 467 g/mol. The molecule has 8 heteroatoms. The molecule has 160 valence electrons. The van der Waals surface area contributed by atoms with Crippen LogP contribution in [0, 0.1) is 0 Å². The SMILES string of the molecule is CCOC(=O)CSc1ccc(C(=O)N2CCN(c3cccc(Cl)c3)C[C@H]2C)cc1Cl. The summed E-state index contributed by atoms with van der Waals surface area (Å²) in [5.74, 6) is -0.147. The molecule has 2 aromatic rings. The van der Waals surface area contributed by atoms with Crippen LogP contribution in [-0.4, -0.2) is 54.8 Å². The second kappa shape index (κ2) is 10.4. The third kappa shape index (κ3) is 5.62. The van der Waals surface area contributed by atoms with Gasteiger partial charge in [0.15, 0.2) is 0 Å². The van der Waals surface area contributed by atoms with E-state index in [1.165, 1.54) is 11.8 Å². The van der Waals surface area contributed by atoms with Gasteiger partial charge in [0.2, 0.25) is 0 Å². The predicted octanol–water partition coefficient (Wildman–Crippen LogP) is 5.00. The molecule has 0 aromatic heterocycles. The number of anilines is 1. The Hall–Kier alpha value is -1.89. The van der Waals surface area contributed by atoms with Crippen LogP contribution in [0.15, 0.2) is 47.4 Å². The zero-order valence-corrected chi connectivity index (χ0v) is 19.3. The molecular formula is C22H24Cl2N2O3S. The van der Waals surface area contributed by atoms with Crippen LogP contribution in [0.1, 0.15) is 24.2 Å². The van der Waals surface area contributed by atoms with E-state index in [2.05, 4.69) is 4.90 Å². The first-order valence-electron chi connectivity index (χ1n) is 9.78. The van der Waals surface area contributed by atoms with E-state index in [4.69, 9.17) is 27.9 Å². The Labute approximate surface area is 191 Å². The number of hydrogen-bond acceptors (Lipinski definition) is 5. The maximum atomic E-state index is 13.1. The summed E-state index contributed by atoms with van der Waals surface area (Å²) in [6.45, 7) is 6.24. The zero-order valence-electron chi connectivity index (χ0n) is 16.9. The molecule has 1 aliphatic rings. The number of rotatable bonds is 6. The lowest BCUT2D eigenvalue weighted by atomic mass is 10.1. The highest BCUT2D eigenvalue weighted by Crippen LogP contribution is 2.29. The fourth-order valence-corrected chi connectivity index (χ4v) is 4.67. The van der Waals surface area contributed by atoms with E-state index in [0.717, 1.165) is 23.7 Å². The standard InChI is InChI=1S/C22H24Cl2N2O3S/c1-3-29-21(27)14-30-20-8-7-16(11-19(20)24)22(28)26-10-9-25(13-15(26)2)18-6-4-5-17(23)12-18/h4-8,11-12,15H,3,9-10,13-14H2,1-2H3/t15-/m1/s1. The third-order valence-corrected chi connectivity index (χ3v) is 6.60. The predicted molar refractivity (Wildman–Crippen MR) is 123 cm³/mol. The smallest absolute Gasteiger partial charge is 0.316 e. The summed E-state index contributed by atoms with van der Waals surface area (Å²) in [5, 5.41) is 1.16. The van der Waals surface area contributed by atoms with Crippen LogP contribution in [0.4, 0.5) is 5.69 Å². The van der Waals surface area contributed by atoms with Gasteiger partial charge in [-0.2, -0.15) is 0 Å². The van der Waals surface area contributed by atoms with Crippen molar-refractivity contribution in [2.75, 3.05) is 36.9 Å². The normalized spacial score (nSPS) is 16.5. The molecule has 1 atom stereocenters. The van der Waals surface area contributed by atoms with Gasteiger partial charge in [-0.3, -0.25) is 9.59 Å². The Bertz CT molecular complexity index is 925. The van der Waals surface area contributed by atoms with Crippen molar-refractivity contribution in [1.82, 2.24) is 4.90 Å². The molecule has 0 radical (unpaired) electrons. The summed E-state index contributed by atoms with van der Waals surface area (Å²) < 4.78 is 4.93. The maximum Gasteiger partial charge on any atom is 0.316 e. The lowest BCUT2D eigenvalue weighted by Gasteiger charge is -2.41. The van der Waals surface area contributed by atoms with Gasteiger partial charge in [0.1, 0.15) is 0 Å². The van der Waals surface area contributed by atoms with Crippen molar-refractivity contribution in [2.24, 2.45) is 0 Å². The summed E-state index contributed by atoms with van der Waals surface area (Å²) >= 11 is 13.8. The maximum absolute atomic E-state index is 13.1. The monoisotopic (exact) mass is 466 g/mol. The van der Waals surface area contributed by atoms with Crippen molar-refractivity contribution < 1.29 is 14.3 Å². The Morgan fingerprint density at radius 3 is 2.63 bits per heavy atom. The van der Waals surface area contributed by atoms with E-state index in [-0.39, 0.29) is 23.7 Å². The fraction of sp³-hybridized carbons (Fsp3) is 0.364. The molecule has 1 aliphatic heterocycles. The Morgan fingerprint density at radius 2 is 1.97 bits per heavy atom. The zero-order chi connectivity index (χ0) is 21.7.